The first kappa shape index (κ1) is 16.5. The average molecular weight is 380 g/mol. The first-order valence-corrected chi connectivity index (χ1v) is 10.4. The van der Waals surface area contributed by atoms with E-state index >= 15 is 0 Å². The maximum absolute atomic E-state index is 13.0. The molecule has 5 nitrogen and oxygen atoms in total. The summed E-state index contributed by atoms with van der Waals surface area (Å²) in [4.78, 5) is 15.1. The van der Waals surface area contributed by atoms with Gasteiger partial charge in [-0.2, -0.15) is 0 Å². The van der Waals surface area contributed by atoms with Gasteiger partial charge in [-0.05, 0) is 55.2 Å². The minimum absolute atomic E-state index is 0.170. The van der Waals surface area contributed by atoms with Gasteiger partial charge in [-0.25, -0.2) is 12.8 Å². The van der Waals surface area contributed by atoms with Crippen LogP contribution in [0.25, 0.3) is 0 Å². The fourth-order valence-corrected chi connectivity index (χ4v) is 5.54. The Bertz CT molecular complexity index is 918. The summed E-state index contributed by atoms with van der Waals surface area (Å²) in [5, 5.41) is 0. The number of sulfonamides is 1. The van der Waals surface area contributed by atoms with Crippen LogP contribution in [0, 0.1) is 11.7 Å². The van der Waals surface area contributed by atoms with E-state index < -0.39 is 15.8 Å². The van der Waals surface area contributed by atoms with Crippen molar-refractivity contribution < 1.29 is 17.6 Å². The molecule has 2 aromatic rings. The van der Waals surface area contributed by atoms with Crippen LogP contribution in [0.15, 0.2) is 34.5 Å². The molecule has 2 heterocycles. The number of benzene rings is 1. The number of carbonyl (C=O) groups excluding carboxylic acids is 1. The third-order valence-corrected chi connectivity index (χ3v) is 7.54. The van der Waals surface area contributed by atoms with Crippen LogP contribution in [-0.2, 0) is 27.8 Å². The van der Waals surface area contributed by atoms with Gasteiger partial charge in [0.25, 0.3) is 10.0 Å². The lowest BCUT2D eigenvalue weighted by atomic mass is 10.1. The molecule has 1 N–H and O–H groups in total. The highest BCUT2D eigenvalue weighted by Crippen LogP contribution is 2.35. The molecule has 1 aromatic carbocycles. The number of nitrogens with zero attached hydrogens (tertiary/aromatic N) is 1. The zero-order chi connectivity index (χ0) is 17.6. The maximum Gasteiger partial charge on any atom is 0.271 e. The number of rotatable bonds is 4. The molecule has 0 spiro atoms. The van der Waals surface area contributed by atoms with Crippen molar-refractivity contribution in [3.8, 4) is 0 Å². The molecule has 0 radical (unpaired) electrons. The van der Waals surface area contributed by atoms with Crippen molar-refractivity contribution in [2.75, 3.05) is 11.3 Å². The second-order valence-corrected chi connectivity index (χ2v) is 9.46. The SMILES string of the molecule is O=C(C1CC1)N1CCc2sc(S(=O)(=O)Nc3ccc(F)cc3)cc2C1. The quantitative estimate of drug-likeness (QED) is 0.887. The van der Waals surface area contributed by atoms with Gasteiger partial charge in [0.05, 0.1) is 0 Å². The van der Waals surface area contributed by atoms with Gasteiger partial charge in [0.1, 0.15) is 10.0 Å². The first-order chi connectivity index (χ1) is 11.9. The molecule has 1 aliphatic carbocycles. The van der Waals surface area contributed by atoms with E-state index in [9.17, 15) is 17.6 Å². The molecule has 8 heteroatoms. The largest absolute Gasteiger partial charge is 0.338 e. The van der Waals surface area contributed by atoms with Crippen molar-refractivity contribution in [1.29, 1.82) is 0 Å². The number of thiophene rings is 1. The lowest BCUT2D eigenvalue weighted by Gasteiger charge is -2.26. The maximum atomic E-state index is 13.0. The molecule has 1 fully saturated rings. The molecular formula is C17H17FN2O3S2. The monoisotopic (exact) mass is 380 g/mol. The van der Waals surface area contributed by atoms with Crippen LogP contribution in [0.2, 0.25) is 0 Å². The van der Waals surface area contributed by atoms with Crippen LogP contribution in [0.3, 0.4) is 0 Å². The fourth-order valence-electron chi connectivity index (χ4n) is 2.94. The topological polar surface area (TPSA) is 66.5 Å². The fraction of sp³-hybridized carbons (Fsp3) is 0.353. The minimum Gasteiger partial charge on any atom is -0.338 e. The molecule has 0 bridgehead atoms. The van der Waals surface area contributed by atoms with Gasteiger partial charge in [0, 0.05) is 29.6 Å². The second-order valence-electron chi connectivity index (χ2n) is 6.41. The molecule has 1 amide bonds. The minimum atomic E-state index is -3.72. The van der Waals surface area contributed by atoms with Gasteiger partial charge in [0.15, 0.2) is 0 Å². The van der Waals surface area contributed by atoms with E-state index in [4.69, 9.17) is 0 Å². The Morgan fingerprint density at radius 1 is 1.24 bits per heavy atom. The Morgan fingerprint density at radius 3 is 2.64 bits per heavy atom. The molecule has 132 valence electrons. The van der Waals surface area contributed by atoms with Crippen LogP contribution in [0.1, 0.15) is 23.3 Å². The van der Waals surface area contributed by atoms with Gasteiger partial charge < -0.3 is 4.90 Å². The summed E-state index contributed by atoms with van der Waals surface area (Å²) in [6.45, 7) is 1.13. The van der Waals surface area contributed by atoms with Crippen LogP contribution in [0.5, 0.6) is 0 Å². The number of anilines is 1. The van der Waals surface area contributed by atoms with E-state index in [2.05, 4.69) is 4.72 Å². The number of nitrogens with one attached hydrogen (secondary N) is 1. The van der Waals surface area contributed by atoms with Crippen LogP contribution in [0.4, 0.5) is 10.1 Å². The zero-order valence-electron chi connectivity index (χ0n) is 13.4. The van der Waals surface area contributed by atoms with Crippen molar-refractivity contribution in [3.63, 3.8) is 0 Å². The van der Waals surface area contributed by atoms with E-state index in [0.717, 1.165) is 23.3 Å². The standard InChI is InChI=1S/C17H17FN2O3S2/c18-13-3-5-14(6-4-13)19-25(22,23)16-9-12-10-20(8-7-15(12)24-16)17(21)11-1-2-11/h3-6,9,11,19H,1-2,7-8,10H2. The lowest BCUT2D eigenvalue weighted by molar-refractivity contribution is -0.133. The molecule has 2 aliphatic rings. The molecule has 1 aliphatic heterocycles. The van der Waals surface area contributed by atoms with E-state index in [0.29, 0.717) is 25.2 Å². The number of fused-ring (bicyclic) bond motifs is 1. The summed E-state index contributed by atoms with van der Waals surface area (Å²) >= 11 is 1.24. The summed E-state index contributed by atoms with van der Waals surface area (Å²) in [7, 11) is -3.72. The van der Waals surface area contributed by atoms with Crippen LogP contribution in [-0.4, -0.2) is 25.8 Å². The third-order valence-electron chi connectivity index (χ3n) is 4.44. The smallest absolute Gasteiger partial charge is 0.271 e. The Balaban J connectivity index is 1.53. The predicted molar refractivity (Wildman–Crippen MR) is 93.4 cm³/mol. The van der Waals surface area contributed by atoms with Gasteiger partial charge in [0.2, 0.25) is 5.91 Å². The molecule has 0 unspecified atom stereocenters. The van der Waals surface area contributed by atoms with Crippen molar-refractivity contribution in [2.45, 2.75) is 30.0 Å². The summed E-state index contributed by atoms with van der Waals surface area (Å²) in [6, 6.07) is 6.84. The molecule has 1 aromatic heterocycles. The first-order valence-electron chi connectivity index (χ1n) is 8.11. The predicted octanol–water partition coefficient (Wildman–Crippen LogP) is 2.98. The van der Waals surface area contributed by atoms with E-state index in [1.165, 1.54) is 35.6 Å². The lowest BCUT2D eigenvalue weighted by Crippen LogP contribution is -2.36. The summed E-state index contributed by atoms with van der Waals surface area (Å²) in [6.07, 6.45) is 2.62. The molecule has 1 saturated carbocycles. The Labute approximate surface area is 149 Å². The average Bonchev–Trinajstić information content (AvgIpc) is 3.34. The zero-order valence-corrected chi connectivity index (χ0v) is 15.0. The van der Waals surface area contributed by atoms with Gasteiger partial charge in [-0.1, -0.05) is 0 Å². The highest BCUT2D eigenvalue weighted by molar-refractivity contribution is 7.94. The summed E-state index contributed by atoms with van der Waals surface area (Å²) < 4.78 is 40.8. The highest BCUT2D eigenvalue weighted by atomic mass is 32.2. The molecule has 25 heavy (non-hydrogen) atoms. The van der Waals surface area contributed by atoms with Crippen LogP contribution >= 0.6 is 11.3 Å². The van der Waals surface area contributed by atoms with Gasteiger partial charge in [-0.3, -0.25) is 9.52 Å². The van der Waals surface area contributed by atoms with Gasteiger partial charge in [-0.15, -0.1) is 11.3 Å². The Hall–Kier alpha value is -1.93. The molecular weight excluding hydrogens is 363 g/mol. The van der Waals surface area contributed by atoms with E-state index in [1.54, 1.807) is 6.07 Å². The number of amides is 1. The molecule has 0 saturated heterocycles. The summed E-state index contributed by atoms with van der Waals surface area (Å²) in [5.74, 6) is -0.0656. The van der Waals surface area contributed by atoms with Crippen molar-refractivity contribution in [1.82, 2.24) is 4.90 Å². The van der Waals surface area contributed by atoms with Crippen molar-refractivity contribution >= 4 is 33.0 Å². The molecule has 0 atom stereocenters. The van der Waals surface area contributed by atoms with Gasteiger partial charge >= 0.3 is 0 Å². The second kappa shape index (κ2) is 6.10. The van der Waals surface area contributed by atoms with E-state index in [1.807, 2.05) is 4.90 Å². The van der Waals surface area contributed by atoms with Crippen LogP contribution < -0.4 is 4.72 Å². The number of hydrogen-bond donors (Lipinski definition) is 1. The molecule has 4 rings (SSSR count). The Kier molecular flexibility index (Phi) is 4.04. The number of carbonyl (C=O) groups is 1. The third kappa shape index (κ3) is 3.41. The number of halogens is 1. The highest BCUT2D eigenvalue weighted by Gasteiger charge is 2.35. The van der Waals surface area contributed by atoms with E-state index in [-0.39, 0.29) is 16.0 Å². The number of hydrogen-bond acceptors (Lipinski definition) is 4. The normalized spacial score (nSPS) is 17.2. The van der Waals surface area contributed by atoms with Crippen molar-refractivity contribution in [3.05, 3.63) is 46.6 Å². The Morgan fingerprint density at radius 2 is 1.96 bits per heavy atom. The summed E-state index contributed by atoms with van der Waals surface area (Å²) in [5.41, 5.74) is 1.23. The van der Waals surface area contributed by atoms with Crippen molar-refractivity contribution in [2.24, 2.45) is 5.92 Å².